The maximum atomic E-state index is 12.1. The largest absolute Gasteiger partial charge is 0.492 e. The predicted octanol–water partition coefficient (Wildman–Crippen LogP) is 0.188. The molecule has 1 unspecified atom stereocenters. The van der Waals surface area contributed by atoms with Gasteiger partial charge in [-0.05, 0) is 24.9 Å². The maximum absolute atomic E-state index is 12.1. The summed E-state index contributed by atoms with van der Waals surface area (Å²) in [6, 6.07) is 6.90. The van der Waals surface area contributed by atoms with Crippen LogP contribution in [0.2, 0.25) is 0 Å². The molecule has 0 saturated carbocycles. The summed E-state index contributed by atoms with van der Waals surface area (Å²) in [5.74, 6) is -2.68. The molecule has 21 heavy (non-hydrogen) atoms. The highest BCUT2D eigenvalue weighted by Crippen LogP contribution is 2.32. The zero-order chi connectivity index (χ0) is 15.4. The number of esters is 2. The maximum Gasteiger partial charge on any atom is 0.492 e. The van der Waals surface area contributed by atoms with E-state index >= 15 is 0 Å². The average molecular weight is 292 g/mol. The molecule has 1 aliphatic heterocycles. The normalized spacial score (nSPS) is 16.8. The van der Waals surface area contributed by atoms with Crippen LogP contribution in [0.25, 0.3) is 0 Å². The average Bonchev–Trinajstić information content (AvgIpc) is 2.78. The molecule has 1 atom stereocenters. The third kappa shape index (κ3) is 3.09. The zero-order valence-electron chi connectivity index (χ0n) is 11.9. The summed E-state index contributed by atoms with van der Waals surface area (Å²) >= 11 is 0. The number of hydrogen-bond acceptors (Lipinski definition) is 6. The molecule has 0 saturated heterocycles. The van der Waals surface area contributed by atoms with E-state index in [9.17, 15) is 14.6 Å². The van der Waals surface area contributed by atoms with Crippen molar-refractivity contribution in [1.29, 1.82) is 0 Å². The Morgan fingerprint density at radius 1 is 1.24 bits per heavy atom. The van der Waals surface area contributed by atoms with Crippen molar-refractivity contribution in [3.63, 3.8) is 0 Å². The lowest BCUT2D eigenvalue weighted by Crippen LogP contribution is -2.34. The van der Waals surface area contributed by atoms with E-state index in [0.717, 1.165) is 0 Å². The highest BCUT2D eigenvalue weighted by Gasteiger charge is 2.46. The van der Waals surface area contributed by atoms with E-state index < -0.39 is 31.1 Å². The Kier molecular flexibility index (Phi) is 4.98. The fourth-order valence-corrected chi connectivity index (χ4v) is 2.35. The summed E-state index contributed by atoms with van der Waals surface area (Å²) in [7, 11) is -1.17. The van der Waals surface area contributed by atoms with Crippen LogP contribution in [0.3, 0.4) is 0 Å². The van der Waals surface area contributed by atoms with Gasteiger partial charge in [-0.1, -0.05) is 24.3 Å². The first-order valence-electron chi connectivity index (χ1n) is 6.85. The van der Waals surface area contributed by atoms with Gasteiger partial charge < -0.3 is 19.2 Å². The van der Waals surface area contributed by atoms with E-state index in [1.165, 1.54) is 0 Å². The smallest absolute Gasteiger partial charge is 0.465 e. The Labute approximate surface area is 123 Å². The summed E-state index contributed by atoms with van der Waals surface area (Å²) in [6.45, 7) is 3.59. The van der Waals surface area contributed by atoms with Crippen LogP contribution in [0.1, 0.15) is 25.5 Å². The topological polar surface area (TPSA) is 82.1 Å². The SMILES string of the molecule is CCOC(=O)C(C(=O)OCC)C1OB(O)c2ccccc21. The van der Waals surface area contributed by atoms with Crippen LogP contribution in [0, 0.1) is 5.92 Å². The van der Waals surface area contributed by atoms with Crippen LogP contribution >= 0.6 is 0 Å². The van der Waals surface area contributed by atoms with Gasteiger partial charge >= 0.3 is 19.1 Å². The van der Waals surface area contributed by atoms with Gasteiger partial charge in [0.25, 0.3) is 0 Å². The molecule has 0 aromatic heterocycles. The van der Waals surface area contributed by atoms with Gasteiger partial charge in [0.15, 0.2) is 5.92 Å². The van der Waals surface area contributed by atoms with Crippen LogP contribution in [-0.4, -0.2) is 37.3 Å². The first kappa shape index (κ1) is 15.5. The second-order valence-electron chi connectivity index (χ2n) is 4.52. The van der Waals surface area contributed by atoms with Crippen LogP contribution in [0.15, 0.2) is 24.3 Å². The molecular formula is C14H17BO6. The Balaban J connectivity index is 2.34. The molecule has 1 N–H and O–H groups in total. The quantitative estimate of drug-likeness (QED) is 0.474. The molecule has 0 amide bonds. The van der Waals surface area contributed by atoms with Gasteiger partial charge in [0.1, 0.15) is 0 Å². The summed E-state index contributed by atoms with van der Waals surface area (Å²) in [5.41, 5.74) is 1.14. The summed E-state index contributed by atoms with van der Waals surface area (Å²) in [6.07, 6.45) is -0.908. The molecule has 0 bridgehead atoms. The van der Waals surface area contributed by atoms with Gasteiger partial charge in [-0.25, -0.2) is 0 Å². The molecule has 1 aromatic carbocycles. The van der Waals surface area contributed by atoms with Crippen molar-refractivity contribution in [3.8, 4) is 0 Å². The minimum Gasteiger partial charge on any atom is -0.465 e. The van der Waals surface area contributed by atoms with Crippen LogP contribution in [0.5, 0.6) is 0 Å². The first-order chi connectivity index (χ1) is 10.1. The highest BCUT2D eigenvalue weighted by molar-refractivity contribution is 6.61. The van der Waals surface area contributed by atoms with E-state index in [1.807, 2.05) is 0 Å². The molecule has 0 spiro atoms. The number of carbonyl (C=O) groups excluding carboxylic acids is 2. The van der Waals surface area contributed by atoms with Crippen molar-refractivity contribution < 1.29 is 28.7 Å². The number of rotatable bonds is 5. The van der Waals surface area contributed by atoms with Crippen molar-refractivity contribution in [2.75, 3.05) is 13.2 Å². The number of ether oxygens (including phenoxy) is 2. The van der Waals surface area contributed by atoms with Gasteiger partial charge in [0.05, 0.1) is 19.3 Å². The van der Waals surface area contributed by atoms with Gasteiger partial charge in [0, 0.05) is 0 Å². The number of fused-ring (bicyclic) bond motifs is 1. The van der Waals surface area contributed by atoms with Crippen LogP contribution in [-0.2, 0) is 23.7 Å². The standard InChI is InChI=1S/C14H17BO6/c1-3-19-13(16)11(14(17)20-4-2)12-9-7-5-6-8-10(9)15(18)21-12/h5-8,11-12,18H,3-4H2,1-2H3. The van der Waals surface area contributed by atoms with Crippen molar-refractivity contribution in [2.45, 2.75) is 20.0 Å². The molecule has 7 heteroatoms. The Hall–Kier alpha value is -1.86. The number of carbonyl (C=O) groups is 2. The van der Waals surface area contributed by atoms with Gasteiger partial charge in [-0.2, -0.15) is 0 Å². The second-order valence-corrected chi connectivity index (χ2v) is 4.52. The molecular weight excluding hydrogens is 275 g/mol. The minimum atomic E-state index is -1.25. The van der Waals surface area contributed by atoms with Crippen molar-refractivity contribution in [3.05, 3.63) is 29.8 Å². The van der Waals surface area contributed by atoms with Crippen LogP contribution < -0.4 is 5.46 Å². The molecule has 0 fully saturated rings. The predicted molar refractivity (Wildman–Crippen MR) is 74.6 cm³/mol. The molecule has 1 aliphatic rings. The second kappa shape index (κ2) is 6.73. The van der Waals surface area contributed by atoms with E-state index in [1.54, 1.807) is 38.1 Å². The number of benzene rings is 1. The summed E-state index contributed by atoms with van der Waals surface area (Å²) in [5, 5.41) is 9.90. The van der Waals surface area contributed by atoms with Gasteiger partial charge in [0.2, 0.25) is 0 Å². The molecule has 0 aliphatic carbocycles. The van der Waals surface area contributed by atoms with E-state index in [2.05, 4.69) is 0 Å². The molecule has 6 nitrogen and oxygen atoms in total. The van der Waals surface area contributed by atoms with Crippen molar-refractivity contribution in [2.24, 2.45) is 5.92 Å². The molecule has 2 rings (SSSR count). The molecule has 0 radical (unpaired) electrons. The minimum absolute atomic E-state index is 0.145. The third-order valence-corrected chi connectivity index (χ3v) is 3.23. The number of hydrogen-bond donors (Lipinski definition) is 1. The summed E-state index contributed by atoms with van der Waals surface area (Å²) in [4.78, 5) is 24.2. The molecule has 1 aromatic rings. The van der Waals surface area contributed by atoms with E-state index in [0.29, 0.717) is 11.0 Å². The third-order valence-electron chi connectivity index (χ3n) is 3.23. The highest BCUT2D eigenvalue weighted by atomic mass is 16.6. The fourth-order valence-electron chi connectivity index (χ4n) is 2.35. The van der Waals surface area contributed by atoms with Crippen molar-refractivity contribution >= 4 is 24.5 Å². The zero-order valence-corrected chi connectivity index (χ0v) is 11.9. The van der Waals surface area contributed by atoms with Crippen LogP contribution in [0.4, 0.5) is 0 Å². The monoisotopic (exact) mass is 292 g/mol. The lowest BCUT2D eigenvalue weighted by atomic mass is 9.79. The summed E-state index contributed by atoms with van der Waals surface area (Å²) < 4.78 is 15.2. The van der Waals surface area contributed by atoms with Gasteiger partial charge in [-0.15, -0.1) is 0 Å². The Morgan fingerprint density at radius 2 is 1.81 bits per heavy atom. The molecule has 1 heterocycles. The van der Waals surface area contributed by atoms with E-state index in [4.69, 9.17) is 14.1 Å². The van der Waals surface area contributed by atoms with Crippen molar-refractivity contribution in [1.82, 2.24) is 0 Å². The molecule has 112 valence electrons. The first-order valence-corrected chi connectivity index (χ1v) is 6.85. The van der Waals surface area contributed by atoms with Gasteiger partial charge in [-0.3, -0.25) is 9.59 Å². The Bertz CT molecular complexity index is 514. The Morgan fingerprint density at radius 3 is 2.38 bits per heavy atom. The van der Waals surface area contributed by atoms with E-state index in [-0.39, 0.29) is 13.2 Å². The lowest BCUT2D eigenvalue weighted by molar-refractivity contribution is -0.166. The fraction of sp³-hybridized carbons (Fsp3) is 0.429. The lowest BCUT2D eigenvalue weighted by Gasteiger charge is -2.21.